The summed E-state index contributed by atoms with van der Waals surface area (Å²) in [5, 5.41) is 5.98. The minimum atomic E-state index is -4.06. The zero-order valence-electron chi connectivity index (χ0n) is 10.6. The highest BCUT2D eigenvalue weighted by molar-refractivity contribution is 8.13. The maximum atomic E-state index is 11.7. The van der Waals surface area contributed by atoms with Gasteiger partial charge in [0.15, 0.2) is 5.69 Å². The molecular weight excluding hydrogens is 296 g/mol. The van der Waals surface area contributed by atoms with Crippen molar-refractivity contribution in [3.8, 4) is 0 Å². The summed E-state index contributed by atoms with van der Waals surface area (Å²) in [6, 6.07) is 0. The van der Waals surface area contributed by atoms with Crippen molar-refractivity contribution in [2.24, 2.45) is 0 Å². The third-order valence-electron chi connectivity index (χ3n) is 2.14. The fraction of sp³-hybridized carbons (Fsp3) is 0.600. The van der Waals surface area contributed by atoms with Crippen LogP contribution in [-0.2, 0) is 18.5 Å². The molecule has 0 radical (unpaired) electrons. The molecule has 1 rings (SSSR count). The first kappa shape index (κ1) is 15.9. The molecule has 0 amide bonds. The predicted octanol–water partition coefficient (Wildman–Crippen LogP) is 1.23. The number of aromatic nitrogens is 2. The Morgan fingerprint density at radius 3 is 2.63 bits per heavy atom. The molecule has 0 saturated carbocycles. The number of hydrogen-bond donors (Lipinski definition) is 1. The smallest absolute Gasteiger partial charge is 0.360 e. The van der Waals surface area contributed by atoms with E-state index < -0.39 is 15.0 Å². The topological polar surface area (TPSA) is 98.3 Å². The highest BCUT2D eigenvalue weighted by Gasteiger charge is 2.27. The summed E-state index contributed by atoms with van der Waals surface area (Å²) in [6.07, 6.45) is 0.862. The number of halogens is 1. The standard InChI is InChI=1S/C10H15ClN2O5S/c1-3-4-17-5-6-18-10(14)8-9(19(11,15)16)7(2)12-13-8/h3-6H2,1-2H3,(H,12,13). The summed E-state index contributed by atoms with van der Waals surface area (Å²) in [4.78, 5) is 11.3. The van der Waals surface area contributed by atoms with Gasteiger partial charge in [-0.15, -0.1) is 0 Å². The van der Waals surface area contributed by atoms with Crippen LogP contribution in [0.15, 0.2) is 4.90 Å². The number of carbonyl (C=O) groups excluding carboxylic acids is 1. The van der Waals surface area contributed by atoms with Crippen molar-refractivity contribution >= 4 is 25.7 Å². The quantitative estimate of drug-likeness (QED) is 0.462. The molecule has 1 aromatic rings. The van der Waals surface area contributed by atoms with Gasteiger partial charge in [0, 0.05) is 17.3 Å². The molecule has 0 bridgehead atoms. The number of aromatic amines is 1. The third kappa shape index (κ3) is 4.48. The first-order valence-corrected chi connectivity index (χ1v) is 7.93. The molecule has 19 heavy (non-hydrogen) atoms. The molecule has 0 aliphatic heterocycles. The van der Waals surface area contributed by atoms with Crippen LogP contribution in [0.3, 0.4) is 0 Å². The lowest BCUT2D eigenvalue weighted by atomic mass is 10.4. The van der Waals surface area contributed by atoms with Crippen molar-refractivity contribution in [3.05, 3.63) is 11.4 Å². The number of rotatable bonds is 7. The number of ether oxygens (including phenoxy) is 2. The molecule has 1 N–H and O–H groups in total. The van der Waals surface area contributed by atoms with Crippen molar-refractivity contribution < 1.29 is 22.7 Å². The molecule has 0 fully saturated rings. The van der Waals surface area contributed by atoms with Gasteiger partial charge >= 0.3 is 5.97 Å². The van der Waals surface area contributed by atoms with Crippen molar-refractivity contribution in [3.63, 3.8) is 0 Å². The lowest BCUT2D eigenvalue weighted by molar-refractivity contribution is 0.0309. The SMILES string of the molecule is CCCOCCOC(=O)c1n[nH]c(C)c1S(=O)(=O)Cl. The molecule has 0 aliphatic rings. The van der Waals surface area contributed by atoms with Crippen LogP contribution in [-0.4, -0.2) is 44.4 Å². The summed E-state index contributed by atoms with van der Waals surface area (Å²) >= 11 is 0. The van der Waals surface area contributed by atoms with Crippen molar-refractivity contribution in [1.29, 1.82) is 0 Å². The Bertz CT molecular complexity index is 540. The number of carbonyl (C=O) groups is 1. The Hall–Kier alpha value is -1.12. The van der Waals surface area contributed by atoms with E-state index in [9.17, 15) is 13.2 Å². The Kier molecular flexibility index (Phi) is 5.77. The fourth-order valence-electron chi connectivity index (χ4n) is 1.36. The molecule has 1 heterocycles. The summed E-state index contributed by atoms with van der Waals surface area (Å²) in [6.45, 7) is 4.23. The van der Waals surface area contributed by atoms with Gasteiger partial charge in [0.25, 0.3) is 9.05 Å². The van der Waals surface area contributed by atoms with Crippen LogP contribution >= 0.6 is 10.7 Å². The number of H-pyrrole nitrogens is 1. The van der Waals surface area contributed by atoms with E-state index in [1.807, 2.05) is 6.92 Å². The number of nitrogens with one attached hydrogen (secondary N) is 1. The lowest BCUT2D eigenvalue weighted by Gasteiger charge is -2.04. The molecular formula is C10H15ClN2O5S. The average Bonchev–Trinajstić information content (AvgIpc) is 2.70. The molecule has 0 unspecified atom stereocenters. The largest absolute Gasteiger partial charge is 0.458 e. The van der Waals surface area contributed by atoms with Crippen LogP contribution in [0.2, 0.25) is 0 Å². The molecule has 0 saturated heterocycles. The monoisotopic (exact) mass is 310 g/mol. The van der Waals surface area contributed by atoms with E-state index >= 15 is 0 Å². The molecule has 7 nitrogen and oxygen atoms in total. The van der Waals surface area contributed by atoms with Crippen molar-refractivity contribution in [2.45, 2.75) is 25.2 Å². The number of aryl methyl sites for hydroxylation is 1. The minimum Gasteiger partial charge on any atom is -0.458 e. The fourth-order valence-corrected chi connectivity index (χ4v) is 2.70. The Labute approximate surface area is 115 Å². The van der Waals surface area contributed by atoms with Gasteiger partial charge in [0.05, 0.1) is 12.3 Å². The lowest BCUT2D eigenvalue weighted by Crippen LogP contribution is -2.13. The average molecular weight is 311 g/mol. The highest BCUT2D eigenvalue weighted by atomic mass is 35.7. The molecule has 1 aromatic heterocycles. The zero-order valence-corrected chi connectivity index (χ0v) is 12.2. The Morgan fingerprint density at radius 1 is 1.37 bits per heavy atom. The van der Waals surface area contributed by atoms with Gasteiger partial charge in [0.1, 0.15) is 11.5 Å². The molecule has 9 heteroatoms. The van der Waals surface area contributed by atoms with Gasteiger partial charge in [0.2, 0.25) is 0 Å². The van der Waals surface area contributed by atoms with Gasteiger partial charge in [-0.05, 0) is 13.3 Å². The number of hydrogen-bond acceptors (Lipinski definition) is 6. The third-order valence-corrected chi connectivity index (χ3v) is 3.59. The van der Waals surface area contributed by atoms with E-state index in [1.165, 1.54) is 6.92 Å². The molecule has 0 atom stereocenters. The second kappa shape index (κ2) is 6.88. The normalized spacial score (nSPS) is 11.5. The van der Waals surface area contributed by atoms with Crippen molar-refractivity contribution in [1.82, 2.24) is 10.2 Å². The summed E-state index contributed by atoms with van der Waals surface area (Å²) in [5.41, 5.74) is -0.160. The first-order chi connectivity index (χ1) is 8.88. The van der Waals surface area contributed by atoms with E-state index in [2.05, 4.69) is 10.2 Å². The van der Waals surface area contributed by atoms with E-state index in [4.69, 9.17) is 20.2 Å². The van der Waals surface area contributed by atoms with Crippen LogP contribution in [0.4, 0.5) is 0 Å². The molecule has 0 spiro atoms. The van der Waals surface area contributed by atoms with E-state index in [0.717, 1.165) is 6.42 Å². The van der Waals surface area contributed by atoms with E-state index in [-0.39, 0.29) is 29.5 Å². The van der Waals surface area contributed by atoms with Crippen LogP contribution in [0.5, 0.6) is 0 Å². The van der Waals surface area contributed by atoms with Crippen molar-refractivity contribution in [2.75, 3.05) is 19.8 Å². The maximum absolute atomic E-state index is 11.7. The molecule has 108 valence electrons. The van der Waals surface area contributed by atoms with Crippen LogP contribution in [0.1, 0.15) is 29.5 Å². The molecule has 0 aromatic carbocycles. The van der Waals surface area contributed by atoms with Gasteiger partial charge in [-0.1, -0.05) is 6.92 Å². The first-order valence-electron chi connectivity index (χ1n) is 5.62. The minimum absolute atomic E-state index is 0.0204. The Morgan fingerprint density at radius 2 is 2.05 bits per heavy atom. The van der Waals surface area contributed by atoms with E-state index in [0.29, 0.717) is 6.61 Å². The van der Waals surface area contributed by atoms with Crippen LogP contribution in [0.25, 0.3) is 0 Å². The van der Waals surface area contributed by atoms with Gasteiger partial charge in [-0.25, -0.2) is 13.2 Å². The number of nitrogens with zero attached hydrogens (tertiary/aromatic N) is 1. The van der Waals surface area contributed by atoms with E-state index in [1.54, 1.807) is 0 Å². The zero-order chi connectivity index (χ0) is 14.5. The number of esters is 1. The van der Waals surface area contributed by atoms with Crippen LogP contribution < -0.4 is 0 Å². The summed E-state index contributed by atoms with van der Waals surface area (Å²) < 4.78 is 32.6. The van der Waals surface area contributed by atoms with Crippen LogP contribution in [0, 0.1) is 6.92 Å². The second-order valence-electron chi connectivity index (χ2n) is 3.71. The maximum Gasteiger partial charge on any atom is 0.360 e. The van der Waals surface area contributed by atoms with Gasteiger partial charge in [-0.2, -0.15) is 5.10 Å². The second-order valence-corrected chi connectivity index (χ2v) is 6.22. The predicted molar refractivity (Wildman–Crippen MR) is 67.8 cm³/mol. The summed E-state index contributed by atoms with van der Waals surface area (Å²) in [5.74, 6) is -0.858. The van der Waals surface area contributed by atoms with Gasteiger partial charge in [-0.3, -0.25) is 5.10 Å². The highest BCUT2D eigenvalue weighted by Crippen LogP contribution is 2.22. The summed E-state index contributed by atoms with van der Waals surface area (Å²) in [7, 11) is 1.18. The Balaban J connectivity index is 2.68. The van der Waals surface area contributed by atoms with Gasteiger partial charge < -0.3 is 9.47 Å². The molecule has 0 aliphatic carbocycles.